The van der Waals surface area contributed by atoms with Crippen LogP contribution < -0.4 is 26.1 Å². The van der Waals surface area contributed by atoms with Crippen LogP contribution in [0.1, 0.15) is 6.23 Å². The number of nitrogens with zero attached hydrogens (tertiary/aromatic N) is 2. The summed E-state index contributed by atoms with van der Waals surface area (Å²) >= 11 is 0. The highest BCUT2D eigenvalue weighted by Crippen LogP contribution is 2.61. The number of ether oxygens (including phenoxy) is 1. The van der Waals surface area contributed by atoms with Crippen LogP contribution in [0.4, 0.5) is 5.82 Å². The second-order valence-electron chi connectivity index (χ2n) is 5.41. The number of aliphatic hydroxyl groups is 2. The number of phosphoric ester groups is 1. The maximum Gasteiger partial charge on any atom is 0.351 e. The SMILES string of the molecule is Nc1ccn([C@@H]2O[C@H](COP(=O)([O-])OP(=O)([O-])OP(=O)([O-])O)[C@H](O)C2O)c(=O)n1. The first-order chi connectivity index (χ1) is 13.1. The lowest BCUT2D eigenvalue weighted by Crippen LogP contribution is -2.36. The van der Waals surface area contributed by atoms with Crippen molar-refractivity contribution in [3.8, 4) is 0 Å². The summed E-state index contributed by atoms with van der Waals surface area (Å²) in [4.78, 5) is 56.4. The molecule has 1 fully saturated rings. The van der Waals surface area contributed by atoms with E-state index in [1.807, 2.05) is 0 Å². The molecule has 1 aromatic rings. The molecule has 166 valence electrons. The number of nitrogen functional groups attached to an aromatic ring is 1. The van der Waals surface area contributed by atoms with Crippen LogP contribution in [-0.2, 0) is 31.6 Å². The molecule has 29 heavy (non-hydrogen) atoms. The first-order valence-corrected chi connectivity index (χ1v) is 11.6. The van der Waals surface area contributed by atoms with E-state index in [0.717, 1.165) is 10.8 Å². The maximum atomic E-state index is 11.8. The fourth-order valence-corrected chi connectivity index (χ4v) is 5.06. The normalized spacial score (nSPS) is 31.0. The molecule has 2 rings (SSSR count). The zero-order valence-electron chi connectivity index (χ0n) is 13.8. The van der Waals surface area contributed by atoms with Gasteiger partial charge in [-0.15, -0.1) is 0 Å². The predicted octanol–water partition coefficient (Wildman–Crippen LogP) is -4.11. The van der Waals surface area contributed by atoms with Gasteiger partial charge in [-0.05, 0) is 6.07 Å². The van der Waals surface area contributed by atoms with Crippen molar-refractivity contribution in [1.82, 2.24) is 9.55 Å². The molecule has 2 heterocycles. The van der Waals surface area contributed by atoms with Gasteiger partial charge in [-0.2, -0.15) is 4.98 Å². The van der Waals surface area contributed by atoms with Crippen molar-refractivity contribution in [3.05, 3.63) is 22.7 Å². The van der Waals surface area contributed by atoms with Crippen LogP contribution in [0.15, 0.2) is 17.1 Å². The Bertz CT molecular complexity index is 946. The summed E-state index contributed by atoms with van der Waals surface area (Å²) in [6.45, 7) is -1.12. The number of rotatable bonds is 8. The Hall–Kier alpha value is -1.03. The third-order valence-corrected chi connectivity index (χ3v) is 6.95. The fourth-order valence-electron chi connectivity index (χ4n) is 2.17. The molecule has 0 saturated carbocycles. The van der Waals surface area contributed by atoms with Crippen molar-refractivity contribution >= 4 is 29.3 Å². The molecule has 0 amide bonds. The number of hydrogen-bond acceptors (Lipinski definition) is 15. The smallest absolute Gasteiger partial charge is 0.351 e. The van der Waals surface area contributed by atoms with E-state index in [4.69, 9.17) is 15.4 Å². The van der Waals surface area contributed by atoms with Crippen molar-refractivity contribution in [3.63, 3.8) is 0 Å². The molecule has 0 radical (unpaired) electrons. The van der Waals surface area contributed by atoms with Crippen LogP contribution in [0, 0.1) is 0 Å². The third-order valence-electron chi connectivity index (χ3n) is 3.26. The molecule has 1 aliphatic heterocycles. The molecule has 0 aromatic carbocycles. The molecular weight excluding hydrogens is 467 g/mol. The van der Waals surface area contributed by atoms with Gasteiger partial charge in [-0.3, -0.25) is 18.3 Å². The Balaban J connectivity index is 2.05. The topological polar surface area (TPSA) is 279 Å². The van der Waals surface area contributed by atoms with Gasteiger partial charge in [0.25, 0.3) is 23.5 Å². The molecular formula is C9H13N3O14P3-3. The van der Waals surface area contributed by atoms with Crippen LogP contribution in [0.3, 0.4) is 0 Å². The Morgan fingerprint density at radius 3 is 2.34 bits per heavy atom. The lowest BCUT2D eigenvalue weighted by atomic mass is 10.1. The van der Waals surface area contributed by atoms with Gasteiger partial charge in [-0.1, -0.05) is 0 Å². The van der Waals surface area contributed by atoms with Crippen molar-refractivity contribution in [2.24, 2.45) is 0 Å². The van der Waals surface area contributed by atoms with Gasteiger partial charge in [0.15, 0.2) is 6.23 Å². The molecule has 4 unspecified atom stereocenters. The monoisotopic (exact) mass is 480 g/mol. The average Bonchev–Trinajstić information content (AvgIpc) is 2.78. The van der Waals surface area contributed by atoms with Crippen LogP contribution in [0.5, 0.6) is 0 Å². The number of aliphatic hydroxyl groups excluding tert-OH is 2. The van der Waals surface area contributed by atoms with E-state index in [9.17, 15) is 43.4 Å². The summed E-state index contributed by atoms with van der Waals surface area (Å²) in [5, 5.41) is 19.9. The van der Waals surface area contributed by atoms with Crippen molar-refractivity contribution in [1.29, 1.82) is 0 Å². The van der Waals surface area contributed by atoms with E-state index in [1.54, 1.807) is 0 Å². The molecule has 5 N–H and O–H groups in total. The summed E-state index contributed by atoms with van der Waals surface area (Å²) in [5.74, 6) is -0.140. The van der Waals surface area contributed by atoms with Crippen molar-refractivity contribution in [2.45, 2.75) is 24.5 Å². The molecule has 7 atom stereocenters. The van der Waals surface area contributed by atoms with E-state index in [2.05, 4.69) is 18.1 Å². The Kier molecular flexibility index (Phi) is 7.20. The molecule has 1 aromatic heterocycles. The lowest BCUT2D eigenvalue weighted by molar-refractivity contribution is -0.250. The van der Waals surface area contributed by atoms with E-state index >= 15 is 0 Å². The second kappa shape index (κ2) is 8.61. The summed E-state index contributed by atoms with van der Waals surface area (Å²) in [6, 6.07) is 1.18. The number of hydrogen-bond donors (Lipinski definition) is 4. The standard InChI is InChI=1S/C9H16N3O14P3/c10-5-1-2-12(9(15)11-5)8-7(14)6(13)4(24-8)3-23-28(19,20)26-29(21,22)25-27(16,17)18/h1-2,4,6-8,13-14H,3H2,(H,19,20)(H,21,22)(H2,10,11,15)(H2,16,17,18)/p-3/t4-,6+,7?,8-/m1/s1. The van der Waals surface area contributed by atoms with Crippen LogP contribution in [-0.4, -0.2) is 49.6 Å². The molecule has 0 aliphatic carbocycles. The Morgan fingerprint density at radius 1 is 1.17 bits per heavy atom. The molecule has 17 nitrogen and oxygen atoms in total. The highest BCUT2D eigenvalue weighted by Gasteiger charge is 2.44. The van der Waals surface area contributed by atoms with Gasteiger partial charge >= 0.3 is 5.69 Å². The molecule has 1 saturated heterocycles. The first kappa shape index (κ1) is 24.2. The first-order valence-electron chi connectivity index (χ1n) is 7.20. The Labute approximate surface area is 160 Å². The van der Waals surface area contributed by atoms with Gasteiger partial charge in [-0.25, -0.2) is 13.4 Å². The van der Waals surface area contributed by atoms with Gasteiger partial charge in [0.1, 0.15) is 24.1 Å². The number of phosphoric acid groups is 3. The maximum absolute atomic E-state index is 11.8. The van der Waals surface area contributed by atoms with Crippen LogP contribution >= 0.6 is 23.5 Å². The zero-order valence-corrected chi connectivity index (χ0v) is 16.5. The second-order valence-corrected chi connectivity index (χ2v) is 9.70. The summed E-state index contributed by atoms with van der Waals surface area (Å²) in [7, 11) is -17.8. The van der Waals surface area contributed by atoms with Gasteiger partial charge in [0.05, 0.1) is 6.61 Å². The predicted molar refractivity (Wildman–Crippen MR) is 82.0 cm³/mol. The van der Waals surface area contributed by atoms with Gasteiger partial charge < -0.3 is 44.8 Å². The van der Waals surface area contributed by atoms with Crippen molar-refractivity contribution in [2.75, 3.05) is 12.3 Å². The summed E-state index contributed by atoms with van der Waals surface area (Å²) in [5.41, 5.74) is 4.35. The van der Waals surface area contributed by atoms with E-state index in [1.165, 1.54) is 6.07 Å². The lowest BCUT2D eigenvalue weighted by Gasteiger charge is -2.33. The minimum atomic E-state index is -6.09. The summed E-state index contributed by atoms with van der Waals surface area (Å²) < 4.78 is 49.5. The largest absolute Gasteiger partial charge is 0.756 e. The summed E-state index contributed by atoms with van der Waals surface area (Å²) in [6.07, 6.45) is -5.62. The molecule has 0 bridgehead atoms. The quantitative estimate of drug-likeness (QED) is 0.257. The zero-order chi connectivity index (χ0) is 22.2. The fraction of sp³-hybridized carbons (Fsp3) is 0.556. The van der Waals surface area contributed by atoms with Crippen LogP contribution in [0.25, 0.3) is 0 Å². The van der Waals surface area contributed by atoms with Crippen LogP contribution in [0.2, 0.25) is 0 Å². The van der Waals surface area contributed by atoms with E-state index in [0.29, 0.717) is 0 Å². The molecule has 0 spiro atoms. The van der Waals surface area contributed by atoms with Crippen molar-refractivity contribution < 1.29 is 61.4 Å². The van der Waals surface area contributed by atoms with E-state index in [-0.39, 0.29) is 5.82 Å². The third kappa shape index (κ3) is 6.73. The number of nitrogens with two attached hydrogens (primary N) is 1. The highest BCUT2D eigenvalue weighted by molar-refractivity contribution is 7.65. The van der Waals surface area contributed by atoms with Gasteiger partial charge in [0.2, 0.25) is 0 Å². The number of anilines is 1. The average molecular weight is 480 g/mol. The number of aromatic nitrogens is 2. The minimum absolute atomic E-state index is 0.140. The Morgan fingerprint density at radius 2 is 1.79 bits per heavy atom. The molecule has 20 heteroatoms. The highest BCUT2D eigenvalue weighted by atomic mass is 31.3. The minimum Gasteiger partial charge on any atom is -0.756 e. The molecule has 1 aliphatic rings. The van der Waals surface area contributed by atoms with Gasteiger partial charge in [0, 0.05) is 6.20 Å². The van der Waals surface area contributed by atoms with E-state index < -0.39 is 60.3 Å².